The Morgan fingerprint density at radius 3 is 2.14 bits per heavy atom. The van der Waals surface area contributed by atoms with E-state index in [1.807, 2.05) is 12.1 Å². The number of hydrogen-bond acceptors (Lipinski definition) is 5. The van der Waals surface area contributed by atoms with Gasteiger partial charge in [-0.15, -0.1) is 0 Å². The molecule has 1 fully saturated rings. The van der Waals surface area contributed by atoms with Crippen LogP contribution in [0.3, 0.4) is 0 Å². The molecule has 0 unspecified atom stereocenters. The largest absolute Gasteiger partial charge is 0.484 e. The second-order valence-electron chi connectivity index (χ2n) is 5.56. The molecule has 0 spiro atoms. The Morgan fingerprint density at radius 2 is 1.61 bits per heavy atom. The third kappa shape index (κ3) is 7.48. The van der Waals surface area contributed by atoms with Crippen molar-refractivity contribution in [3.63, 3.8) is 0 Å². The maximum absolute atomic E-state index is 9.55. The Morgan fingerprint density at radius 1 is 0.964 bits per heavy atom. The molecule has 0 saturated carbocycles. The molecule has 7 nitrogen and oxygen atoms in total. The van der Waals surface area contributed by atoms with Crippen LogP contribution in [0.2, 0.25) is 10.0 Å². The zero-order valence-electron chi connectivity index (χ0n) is 14.5. The van der Waals surface area contributed by atoms with Crippen LogP contribution in [0.15, 0.2) is 54.6 Å². The van der Waals surface area contributed by atoms with E-state index in [-0.39, 0.29) is 6.10 Å². The van der Waals surface area contributed by atoms with Crippen molar-refractivity contribution in [2.75, 3.05) is 13.1 Å². The lowest BCUT2D eigenvalue weighted by Gasteiger charge is -2.28. The number of ether oxygens (including phenoxy) is 2. The average Bonchev–Trinajstić information content (AvgIpc) is 2.59. The van der Waals surface area contributed by atoms with Crippen molar-refractivity contribution in [2.45, 2.75) is 6.10 Å². The summed E-state index contributed by atoms with van der Waals surface area (Å²) in [5.74, 6) is -0.580. The van der Waals surface area contributed by atoms with Gasteiger partial charge >= 0.3 is 11.9 Å². The van der Waals surface area contributed by atoms with Crippen molar-refractivity contribution in [2.24, 2.45) is 0 Å². The van der Waals surface area contributed by atoms with Gasteiger partial charge in [0.2, 0.25) is 0 Å². The molecule has 0 amide bonds. The van der Waals surface area contributed by atoms with Gasteiger partial charge in [-0.25, -0.2) is 9.59 Å². The number of aliphatic carboxylic acids is 2. The standard InChI is InChI=1S/C15H13Cl2NO2.C4H4O4/c16-10-2-1-3-12(6-10)19-14-5-4-11(17)7-15(14)20-13-8-18-9-13;5-3(6)1-2-4(7)8/h1-7,13,18H,8-9H2;1-2H,(H,5,6)(H,7,8). The molecule has 1 heterocycles. The molecule has 2 aromatic carbocycles. The fourth-order valence-corrected chi connectivity index (χ4v) is 2.33. The van der Waals surface area contributed by atoms with E-state index in [4.69, 9.17) is 42.9 Å². The highest BCUT2D eigenvalue weighted by Crippen LogP contribution is 2.35. The maximum atomic E-state index is 9.55. The molecule has 0 aliphatic carbocycles. The zero-order valence-corrected chi connectivity index (χ0v) is 16.0. The topological polar surface area (TPSA) is 105 Å². The Hall–Kier alpha value is -2.74. The van der Waals surface area contributed by atoms with Crippen LogP contribution in [-0.2, 0) is 9.59 Å². The van der Waals surface area contributed by atoms with E-state index in [0.29, 0.717) is 39.4 Å². The molecule has 9 heteroatoms. The summed E-state index contributed by atoms with van der Waals surface area (Å²) in [6, 6.07) is 12.6. The van der Waals surface area contributed by atoms with Crippen molar-refractivity contribution in [1.82, 2.24) is 5.32 Å². The Bertz CT molecular complexity index is 851. The smallest absolute Gasteiger partial charge is 0.328 e. The molecule has 0 atom stereocenters. The highest BCUT2D eigenvalue weighted by Gasteiger charge is 2.20. The van der Waals surface area contributed by atoms with Crippen LogP contribution >= 0.6 is 23.2 Å². The molecule has 1 aliphatic rings. The van der Waals surface area contributed by atoms with E-state index in [9.17, 15) is 9.59 Å². The van der Waals surface area contributed by atoms with Crippen molar-refractivity contribution in [3.05, 3.63) is 64.7 Å². The first kappa shape index (κ1) is 21.6. The van der Waals surface area contributed by atoms with Gasteiger partial charge in [0.05, 0.1) is 0 Å². The molecule has 0 bridgehead atoms. The molecule has 2 aromatic rings. The average molecular weight is 426 g/mol. The van der Waals surface area contributed by atoms with Crippen molar-refractivity contribution >= 4 is 35.1 Å². The summed E-state index contributed by atoms with van der Waals surface area (Å²) in [6.07, 6.45) is 1.28. The van der Waals surface area contributed by atoms with Gasteiger partial charge in [0.1, 0.15) is 11.9 Å². The third-order valence-corrected chi connectivity index (χ3v) is 3.81. The van der Waals surface area contributed by atoms with Crippen molar-refractivity contribution in [3.8, 4) is 17.2 Å². The van der Waals surface area contributed by atoms with Crippen molar-refractivity contribution < 1.29 is 29.3 Å². The van der Waals surface area contributed by atoms with Crippen molar-refractivity contribution in [1.29, 1.82) is 0 Å². The number of hydrogen-bond donors (Lipinski definition) is 3. The quantitative estimate of drug-likeness (QED) is 0.603. The highest BCUT2D eigenvalue weighted by atomic mass is 35.5. The SMILES string of the molecule is Clc1cccc(Oc2ccc(Cl)cc2OC2CNC2)c1.O=C(O)C=CC(=O)O. The number of carbonyl (C=O) groups is 2. The van der Waals surface area contributed by atoms with Gasteiger partial charge in [-0.05, 0) is 30.3 Å². The molecule has 148 valence electrons. The molecule has 1 saturated heterocycles. The van der Waals surface area contributed by atoms with Gasteiger partial charge in [0.25, 0.3) is 0 Å². The van der Waals surface area contributed by atoms with Gasteiger partial charge in [-0.2, -0.15) is 0 Å². The van der Waals surface area contributed by atoms with E-state index in [0.717, 1.165) is 13.1 Å². The van der Waals surface area contributed by atoms with E-state index < -0.39 is 11.9 Å². The summed E-state index contributed by atoms with van der Waals surface area (Å²) in [4.78, 5) is 19.1. The highest BCUT2D eigenvalue weighted by molar-refractivity contribution is 6.31. The number of benzene rings is 2. The summed E-state index contributed by atoms with van der Waals surface area (Å²) >= 11 is 12.0. The lowest BCUT2D eigenvalue weighted by molar-refractivity contribution is -0.134. The lowest BCUT2D eigenvalue weighted by atomic mass is 10.2. The lowest BCUT2D eigenvalue weighted by Crippen LogP contribution is -2.50. The molecule has 0 radical (unpaired) electrons. The summed E-state index contributed by atoms with van der Waals surface area (Å²) in [5, 5.41) is 20.0. The summed E-state index contributed by atoms with van der Waals surface area (Å²) < 4.78 is 11.7. The van der Waals surface area contributed by atoms with Crippen LogP contribution in [0.5, 0.6) is 17.2 Å². The third-order valence-electron chi connectivity index (χ3n) is 3.34. The second-order valence-corrected chi connectivity index (χ2v) is 6.43. The number of halogens is 2. The fourth-order valence-electron chi connectivity index (χ4n) is 1.98. The first-order valence-corrected chi connectivity index (χ1v) is 8.83. The monoisotopic (exact) mass is 425 g/mol. The van der Waals surface area contributed by atoms with Gasteiger partial charge in [0.15, 0.2) is 11.5 Å². The predicted octanol–water partition coefficient (Wildman–Crippen LogP) is 3.85. The number of carboxylic acid groups (broad SMARTS) is 2. The summed E-state index contributed by atoms with van der Waals surface area (Å²) in [5.41, 5.74) is 0. The molecule has 3 N–H and O–H groups in total. The van der Waals surface area contributed by atoms with Gasteiger partial charge in [0, 0.05) is 41.4 Å². The van der Waals surface area contributed by atoms with Gasteiger partial charge in [-0.1, -0.05) is 29.3 Å². The van der Waals surface area contributed by atoms with Crippen LogP contribution in [0.25, 0.3) is 0 Å². The van der Waals surface area contributed by atoms with Crippen LogP contribution in [0.1, 0.15) is 0 Å². The molecular weight excluding hydrogens is 409 g/mol. The Balaban J connectivity index is 0.000000300. The van der Waals surface area contributed by atoms with Crippen LogP contribution in [0, 0.1) is 0 Å². The Labute approximate surface area is 171 Å². The minimum Gasteiger partial charge on any atom is -0.484 e. The van der Waals surface area contributed by atoms with Crippen LogP contribution < -0.4 is 14.8 Å². The first-order valence-electron chi connectivity index (χ1n) is 8.08. The summed E-state index contributed by atoms with van der Waals surface area (Å²) in [7, 11) is 0. The predicted molar refractivity (Wildman–Crippen MR) is 105 cm³/mol. The summed E-state index contributed by atoms with van der Waals surface area (Å²) in [6.45, 7) is 1.67. The van der Waals surface area contributed by atoms with E-state index in [1.165, 1.54) is 0 Å². The number of rotatable bonds is 6. The van der Waals surface area contributed by atoms with E-state index in [1.54, 1.807) is 30.3 Å². The normalized spacial score (nSPS) is 13.2. The molecular formula is C19H17Cl2NO6. The van der Waals surface area contributed by atoms with Crippen LogP contribution in [0.4, 0.5) is 0 Å². The van der Waals surface area contributed by atoms with Gasteiger partial charge < -0.3 is 25.0 Å². The molecule has 3 rings (SSSR count). The van der Waals surface area contributed by atoms with E-state index >= 15 is 0 Å². The second kappa shape index (κ2) is 10.6. The molecule has 0 aromatic heterocycles. The number of carboxylic acids is 2. The van der Waals surface area contributed by atoms with Crippen LogP contribution in [-0.4, -0.2) is 41.3 Å². The van der Waals surface area contributed by atoms with Gasteiger partial charge in [-0.3, -0.25) is 0 Å². The number of nitrogens with one attached hydrogen (secondary N) is 1. The molecule has 28 heavy (non-hydrogen) atoms. The van der Waals surface area contributed by atoms with E-state index in [2.05, 4.69) is 5.32 Å². The minimum atomic E-state index is -1.26. The maximum Gasteiger partial charge on any atom is 0.328 e. The molecule has 1 aliphatic heterocycles. The Kier molecular flexibility index (Phi) is 8.13. The minimum absolute atomic E-state index is 0.162. The fraction of sp³-hybridized carbons (Fsp3) is 0.158. The zero-order chi connectivity index (χ0) is 20.5. The first-order chi connectivity index (χ1) is 13.3.